The molecule has 6 heteroatoms. The number of benzene rings is 1. The third-order valence-corrected chi connectivity index (χ3v) is 3.83. The van der Waals surface area contributed by atoms with Crippen molar-refractivity contribution in [3.63, 3.8) is 0 Å². The second-order valence-corrected chi connectivity index (χ2v) is 5.91. The Morgan fingerprint density at radius 3 is 2.75 bits per heavy atom. The van der Waals surface area contributed by atoms with Gasteiger partial charge >= 0.3 is 0 Å². The summed E-state index contributed by atoms with van der Waals surface area (Å²) in [7, 11) is 0. The molecule has 1 unspecified atom stereocenters. The molecular formula is C14H20BrN3OS. The number of nitrogens with one attached hydrogen (secondary N) is 2. The molecule has 0 fully saturated rings. The Morgan fingerprint density at radius 2 is 2.20 bits per heavy atom. The van der Waals surface area contributed by atoms with E-state index >= 15 is 0 Å². The van der Waals surface area contributed by atoms with E-state index in [9.17, 15) is 4.79 Å². The van der Waals surface area contributed by atoms with Gasteiger partial charge in [-0.1, -0.05) is 19.1 Å². The quantitative estimate of drug-likeness (QED) is 0.656. The van der Waals surface area contributed by atoms with Gasteiger partial charge in [-0.05, 0) is 47.5 Å². The van der Waals surface area contributed by atoms with Crippen LogP contribution in [0.3, 0.4) is 0 Å². The average molecular weight is 358 g/mol. The maximum Gasteiger partial charge on any atom is 0.221 e. The fourth-order valence-corrected chi connectivity index (χ4v) is 2.22. The van der Waals surface area contributed by atoms with E-state index in [1.807, 2.05) is 32.0 Å². The minimum Gasteiger partial charge on any atom is -0.389 e. The molecule has 4 nitrogen and oxygen atoms in total. The Kier molecular flexibility index (Phi) is 6.95. The number of carbonyl (C=O) groups is 1. The summed E-state index contributed by atoms with van der Waals surface area (Å²) in [5, 5.41) is 6.14. The van der Waals surface area contributed by atoms with Gasteiger partial charge < -0.3 is 16.4 Å². The molecule has 0 aliphatic rings. The van der Waals surface area contributed by atoms with Crippen LogP contribution in [-0.2, 0) is 4.79 Å². The number of carbonyl (C=O) groups excluding carboxylic acids is 1. The molecule has 4 N–H and O–H groups in total. The number of amides is 1. The Hall–Kier alpha value is -1.14. The highest BCUT2D eigenvalue weighted by Crippen LogP contribution is 2.23. The van der Waals surface area contributed by atoms with Crippen LogP contribution in [0.2, 0.25) is 0 Å². The normalized spacial score (nSPS) is 11.8. The standard InChI is InChI=1S/C14H20BrN3OS/c1-3-9(2)18-13(19)6-7-17-12-5-4-10(14(16)20)8-11(12)15/h4-5,8-9,17H,3,6-7H2,1-2H3,(H2,16,20)(H,18,19). The molecule has 0 aliphatic heterocycles. The van der Waals surface area contributed by atoms with Gasteiger partial charge in [0.2, 0.25) is 5.91 Å². The van der Waals surface area contributed by atoms with E-state index in [-0.39, 0.29) is 11.9 Å². The van der Waals surface area contributed by atoms with Crippen molar-refractivity contribution >= 4 is 44.7 Å². The van der Waals surface area contributed by atoms with Crippen LogP contribution in [0.5, 0.6) is 0 Å². The molecule has 20 heavy (non-hydrogen) atoms. The second-order valence-electron chi connectivity index (χ2n) is 4.61. The molecule has 0 bridgehead atoms. The molecule has 0 aromatic heterocycles. The molecule has 0 aliphatic carbocycles. The molecule has 0 saturated carbocycles. The first kappa shape index (κ1) is 16.9. The summed E-state index contributed by atoms with van der Waals surface area (Å²) >= 11 is 8.38. The third-order valence-electron chi connectivity index (χ3n) is 2.94. The first-order chi connectivity index (χ1) is 9.43. The summed E-state index contributed by atoms with van der Waals surface area (Å²) in [4.78, 5) is 12.0. The smallest absolute Gasteiger partial charge is 0.221 e. The van der Waals surface area contributed by atoms with Crippen molar-refractivity contribution in [2.75, 3.05) is 11.9 Å². The van der Waals surface area contributed by atoms with E-state index in [0.29, 0.717) is 18.0 Å². The minimum absolute atomic E-state index is 0.0581. The molecule has 1 rings (SSSR count). The van der Waals surface area contributed by atoms with Gasteiger partial charge in [-0.2, -0.15) is 0 Å². The van der Waals surface area contributed by atoms with Crippen molar-refractivity contribution in [2.24, 2.45) is 5.73 Å². The lowest BCUT2D eigenvalue weighted by Gasteiger charge is -2.13. The van der Waals surface area contributed by atoms with Crippen molar-refractivity contribution < 1.29 is 4.79 Å². The number of nitrogens with two attached hydrogens (primary N) is 1. The number of halogens is 1. The molecule has 0 saturated heterocycles. The van der Waals surface area contributed by atoms with E-state index in [2.05, 4.69) is 26.6 Å². The molecule has 1 aromatic carbocycles. The first-order valence-corrected chi connectivity index (χ1v) is 7.76. The highest BCUT2D eigenvalue weighted by Gasteiger charge is 2.06. The zero-order valence-corrected chi connectivity index (χ0v) is 14.1. The van der Waals surface area contributed by atoms with Crippen molar-refractivity contribution in [1.29, 1.82) is 0 Å². The van der Waals surface area contributed by atoms with E-state index in [1.54, 1.807) is 0 Å². The van der Waals surface area contributed by atoms with Crippen LogP contribution in [0.1, 0.15) is 32.3 Å². The van der Waals surface area contributed by atoms with Crippen LogP contribution in [0, 0.1) is 0 Å². The third kappa shape index (κ3) is 5.46. The predicted molar refractivity (Wildman–Crippen MR) is 91.0 cm³/mol. The maximum absolute atomic E-state index is 11.6. The van der Waals surface area contributed by atoms with Crippen molar-refractivity contribution in [3.05, 3.63) is 28.2 Å². The van der Waals surface area contributed by atoms with Crippen LogP contribution in [0.25, 0.3) is 0 Å². The van der Waals surface area contributed by atoms with Gasteiger partial charge in [-0.15, -0.1) is 0 Å². The zero-order valence-electron chi connectivity index (χ0n) is 11.7. The molecule has 110 valence electrons. The van der Waals surface area contributed by atoms with Crippen molar-refractivity contribution in [3.8, 4) is 0 Å². The SMILES string of the molecule is CCC(C)NC(=O)CCNc1ccc(C(N)=S)cc1Br. The van der Waals surface area contributed by atoms with Crippen LogP contribution >= 0.6 is 28.1 Å². The number of anilines is 1. The molecule has 0 spiro atoms. The maximum atomic E-state index is 11.6. The largest absolute Gasteiger partial charge is 0.389 e. The minimum atomic E-state index is 0.0581. The molecular weight excluding hydrogens is 338 g/mol. The summed E-state index contributed by atoms with van der Waals surface area (Å²) in [6.45, 7) is 4.62. The first-order valence-electron chi connectivity index (χ1n) is 6.56. The zero-order chi connectivity index (χ0) is 15.1. The highest BCUT2D eigenvalue weighted by molar-refractivity contribution is 9.10. The van der Waals surface area contributed by atoms with Crippen LogP contribution in [0.4, 0.5) is 5.69 Å². The fourth-order valence-electron chi connectivity index (χ4n) is 1.57. The summed E-state index contributed by atoms with van der Waals surface area (Å²) in [6.07, 6.45) is 1.37. The van der Waals surface area contributed by atoms with Gasteiger partial charge in [0.05, 0.1) is 0 Å². The topological polar surface area (TPSA) is 67.2 Å². The molecule has 1 amide bonds. The fraction of sp³-hybridized carbons (Fsp3) is 0.429. The van der Waals surface area contributed by atoms with Gasteiger partial charge in [-0.25, -0.2) is 0 Å². The van der Waals surface area contributed by atoms with Crippen LogP contribution < -0.4 is 16.4 Å². The van der Waals surface area contributed by atoms with E-state index in [1.165, 1.54) is 0 Å². The lowest BCUT2D eigenvalue weighted by atomic mass is 10.2. The Bertz CT molecular complexity index is 493. The summed E-state index contributed by atoms with van der Waals surface area (Å²) < 4.78 is 0.880. The predicted octanol–water partition coefficient (Wildman–Crippen LogP) is 2.80. The number of hydrogen-bond acceptors (Lipinski definition) is 3. The van der Waals surface area contributed by atoms with E-state index in [4.69, 9.17) is 18.0 Å². The lowest BCUT2D eigenvalue weighted by molar-refractivity contribution is -0.121. The van der Waals surface area contributed by atoms with E-state index < -0.39 is 0 Å². The number of hydrogen-bond donors (Lipinski definition) is 3. The second kappa shape index (κ2) is 8.21. The molecule has 0 radical (unpaired) electrons. The number of thiocarbonyl (C=S) groups is 1. The van der Waals surface area contributed by atoms with Crippen LogP contribution in [0.15, 0.2) is 22.7 Å². The Labute approximate surface area is 133 Å². The van der Waals surface area contributed by atoms with Gasteiger partial charge in [0, 0.05) is 34.7 Å². The average Bonchev–Trinajstić information content (AvgIpc) is 2.40. The Morgan fingerprint density at radius 1 is 1.50 bits per heavy atom. The van der Waals surface area contributed by atoms with Gasteiger partial charge in [0.15, 0.2) is 0 Å². The van der Waals surface area contributed by atoms with Gasteiger partial charge in [-0.3, -0.25) is 4.79 Å². The van der Waals surface area contributed by atoms with Crippen molar-refractivity contribution in [1.82, 2.24) is 5.32 Å². The Balaban J connectivity index is 2.46. The molecule has 0 heterocycles. The van der Waals surface area contributed by atoms with Crippen LogP contribution in [-0.4, -0.2) is 23.5 Å². The van der Waals surface area contributed by atoms with E-state index in [0.717, 1.165) is 22.1 Å². The lowest BCUT2D eigenvalue weighted by Crippen LogP contribution is -2.32. The summed E-state index contributed by atoms with van der Waals surface area (Å²) in [5.74, 6) is 0.0581. The molecule has 1 aromatic rings. The monoisotopic (exact) mass is 357 g/mol. The summed E-state index contributed by atoms with van der Waals surface area (Å²) in [6, 6.07) is 5.84. The number of rotatable bonds is 7. The molecule has 1 atom stereocenters. The highest BCUT2D eigenvalue weighted by atomic mass is 79.9. The van der Waals surface area contributed by atoms with Gasteiger partial charge in [0.25, 0.3) is 0 Å². The summed E-state index contributed by atoms with van der Waals surface area (Å²) in [5.41, 5.74) is 7.30. The van der Waals surface area contributed by atoms with Gasteiger partial charge in [0.1, 0.15) is 4.99 Å². The van der Waals surface area contributed by atoms with Crippen molar-refractivity contribution in [2.45, 2.75) is 32.7 Å².